The predicted molar refractivity (Wildman–Crippen MR) is 47.8 cm³/mol. The average molecular weight is 168 g/mol. The van der Waals surface area contributed by atoms with Crippen molar-refractivity contribution in [2.45, 2.75) is 39.0 Å². The van der Waals surface area contributed by atoms with Gasteiger partial charge in [-0.2, -0.15) is 0 Å². The Labute approximate surface area is 73.6 Å². The Kier molecular flexibility index (Phi) is 3.32. The number of Topliss-reactive ketones (excluding diaryl/α,β-unsaturated/α-hetero) is 1. The number of unbranched alkanes of at least 4 members (excludes halogenated alkanes) is 1. The molecule has 0 aliphatic heterocycles. The molecule has 0 amide bonds. The fourth-order valence-electron chi connectivity index (χ4n) is 1.54. The number of allylic oxidation sites excluding steroid dienone is 2. The van der Waals surface area contributed by atoms with Gasteiger partial charge in [0.1, 0.15) is 11.5 Å². The highest BCUT2D eigenvalue weighted by molar-refractivity contribution is 5.86. The van der Waals surface area contributed by atoms with Gasteiger partial charge < -0.3 is 4.74 Å². The smallest absolute Gasteiger partial charge is 0.144 e. The van der Waals surface area contributed by atoms with Gasteiger partial charge in [0, 0.05) is 6.42 Å². The van der Waals surface area contributed by atoms with Crippen LogP contribution in [0.3, 0.4) is 0 Å². The lowest BCUT2D eigenvalue weighted by molar-refractivity contribution is -0.117. The van der Waals surface area contributed by atoms with Crippen LogP contribution in [0.2, 0.25) is 0 Å². The highest BCUT2D eigenvalue weighted by Gasteiger charge is 2.21. The Hall–Kier alpha value is -0.790. The van der Waals surface area contributed by atoms with Gasteiger partial charge in [-0.15, -0.1) is 0 Å². The lowest BCUT2D eigenvalue weighted by atomic mass is 10.1. The minimum atomic E-state index is 0.304. The van der Waals surface area contributed by atoms with Crippen LogP contribution >= 0.6 is 0 Å². The second-order valence-corrected chi connectivity index (χ2v) is 3.23. The summed E-state index contributed by atoms with van der Waals surface area (Å²) in [5.74, 6) is 1.23. The van der Waals surface area contributed by atoms with Crippen molar-refractivity contribution in [3.63, 3.8) is 0 Å². The molecule has 0 aromatic heterocycles. The molecule has 0 bridgehead atoms. The van der Waals surface area contributed by atoms with Crippen LogP contribution in [0.5, 0.6) is 0 Å². The third-order valence-electron chi connectivity index (χ3n) is 2.24. The molecule has 2 heteroatoms. The molecule has 0 spiro atoms. The summed E-state index contributed by atoms with van der Waals surface area (Å²) in [6.45, 7) is 2.16. The van der Waals surface area contributed by atoms with Crippen LogP contribution in [-0.2, 0) is 9.53 Å². The first-order chi connectivity index (χ1) is 5.77. The maximum absolute atomic E-state index is 11.1. The van der Waals surface area contributed by atoms with Crippen molar-refractivity contribution in [3.8, 4) is 0 Å². The molecule has 0 atom stereocenters. The van der Waals surface area contributed by atoms with E-state index in [0.717, 1.165) is 18.6 Å². The van der Waals surface area contributed by atoms with E-state index in [1.165, 1.54) is 12.0 Å². The second-order valence-electron chi connectivity index (χ2n) is 3.23. The first-order valence-corrected chi connectivity index (χ1v) is 4.54. The summed E-state index contributed by atoms with van der Waals surface area (Å²) >= 11 is 0. The molecule has 68 valence electrons. The molecule has 0 saturated carbocycles. The Balaban J connectivity index is 2.52. The highest BCUT2D eigenvalue weighted by atomic mass is 16.5. The summed E-state index contributed by atoms with van der Waals surface area (Å²) in [6.07, 6.45) is 4.52. The lowest BCUT2D eigenvalue weighted by Gasteiger charge is -2.03. The summed E-state index contributed by atoms with van der Waals surface area (Å²) in [4.78, 5) is 11.1. The van der Waals surface area contributed by atoms with E-state index in [9.17, 15) is 4.79 Å². The minimum absolute atomic E-state index is 0.304. The first kappa shape index (κ1) is 9.30. The monoisotopic (exact) mass is 168 g/mol. The van der Waals surface area contributed by atoms with Gasteiger partial charge in [-0.1, -0.05) is 13.3 Å². The van der Waals surface area contributed by atoms with Crippen molar-refractivity contribution >= 4 is 5.78 Å². The number of ketones is 1. The van der Waals surface area contributed by atoms with Crippen molar-refractivity contribution in [2.24, 2.45) is 0 Å². The number of hydrogen-bond donors (Lipinski definition) is 0. The van der Waals surface area contributed by atoms with Gasteiger partial charge in [-0.25, -0.2) is 0 Å². The average Bonchev–Trinajstić information content (AvgIpc) is 2.42. The maximum atomic E-state index is 11.1. The highest BCUT2D eigenvalue weighted by Crippen LogP contribution is 2.27. The summed E-state index contributed by atoms with van der Waals surface area (Å²) in [6, 6.07) is 0. The normalized spacial score (nSPS) is 17.3. The van der Waals surface area contributed by atoms with Crippen molar-refractivity contribution in [2.75, 3.05) is 7.11 Å². The summed E-state index contributed by atoms with van der Waals surface area (Å²) in [5.41, 5.74) is 1.23. The Morgan fingerprint density at radius 1 is 1.42 bits per heavy atom. The number of ether oxygens (including phenoxy) is 1. The first-order valence-electron chi connectivity index (χ1n) is 4.54. The molecule has 1 aliphatic rings. The third kappa shape index (κ3) is 2.10. The van der Waals surface area contributed by atoms with Gasteiger partial charge >= 0.3 is 0 Å². The van der Waals surface area contributed by atoms with E-state index in [2.05, 4.69) is 6.92 Å². The number of carbonyl (C=O) groups is 1. The Morgan fingerprint density at radius 2 is 2.17 bits per heavy atom. The largest absolute Gasteiger partial charge is 0.501 e. The zero-order valence-electron chi connectivity index (χ0n) is 7.85. The van der Waals surface area contributed by atoms with E-state index >= 15 is 0 Å². The van der Waals surface area contributed by atoms with E-state index in [1.54, 1.807) is 7.11 Å². The molecule has 0 N–H and O–H groups in total. The number of methoxy groups -OCH3 is 1. The van der Waals surface area contributed by atoms with Crippen LogP contribution in [-0.4, -0.2) is 12.9 Å². The molecule has 0 aromatic rings. The van der Waals surface area contributed by atoms with E-state index in [0.29, 0.717) is 18.6 Å². The van der Waals surface area contributed by atoms with Gasteiger partial charge in [0.25, 0.3) is 0 Å². The molecular formula is C10H16O2. The standard InChI is InChI=1S/C10H16O2/c1-3-4-5-8-6-9(11)7-10(8)12-2/h3-7H2,1-2H3. The quantitative estimate of drug-likeness (QED) is 0.644. The number of rotatable bonds is 4. The molecule has 0 radical (unpaired) electrons. The topological polar surface area (TPSA) is 26.3 Å². The van der Waals surface area contributed by atoms with Crippen molar-refractivity contribution in [3.05, 3.63) is 11.3 Å². The molecule has 0 fully saturated rings. The molecular weight excluding hydrogens is 152 g/mol. The molecule has 0 unspecified atom stereocenters. The van der Waals surface area contributed by atoms with Gasteiger partial charge in [-0.05, 0) is 18.4 Å². The van der Waals surface area contributed by atoms with Crippen LogP contribution in [0.25, 0.3) is 0 Å². The van der Waals surface area contributed by atoms with Crippen molar-refractivity contribution in [1.29, 1.82) is 0 Å². The fourth-order valence-corrected chi connectivity index (χ4v) is 1.54. The van der Waals surface area contributed by atoms with Gasteiger partial charge in [0.15, 0.2) is 0 Å². The van der Waals surface area contributed by atoms with Gasteiger partial charge in [0.2, 0.25) is 0 Å². The molecule has 0 aromatic carbocycles. The predicted octanol–water partition coefficient (Wildman–Crippen LogP) is 2.44. The van der Waals surface area contributed by atoms with Crippen molar-refractivity contribution in [1.82, 2.24) is 0 Å². The molecule has 2 nitrogen and oxygen atoms in total. The van der Waals surface area contributed by atoms with Crippen LogP contribution < -0.4 is 0 Å². The summed E-state index contributed by atoms with van der Waals surface area (Å²) in [5, 5.41) is 0. The lowest BCUT2D eigenvalue weighted by Crippen LogP contribution is -1.89. The summed E-state index contributed by atoms with van der Waals surface area (Å²) in [7, 11) is 1.65. The maximum Gasteiger partial charge on any atom is 0.144 e. The van der Waals surface area contributed by atoms with Crippen LogP contribution in [0.15, 0.2) is 11.3 Å². The molecule has 0 saturated heterocycles. The molecule has 0 heterocycles. The Morgan fingerprint density at radius 3 is 2.75 bits per heavy atom. The number of hydrogen-bond acceptors (Lipinski definition) is 2. The molecule has 12 heavy (non-hydrogen) atoms. The summed E-state index contributed by atoms with van der Waals surface area (Å²) < 4.78 is 5.15. The van der Waals surface area contributed by atoms with Gasteiger partial charge in [-0.3, -0.25) is 4.79 Å². The fraction of sp³-hybridized carbons (Fsp3) is 0.700. The molecule has 1 aliphatic carbocycles. The zero-order chi connectivity index (χ0) is 8.97. The SMILES string of the molecule is CCCCC1=C(OC)CC(=O)C1. The van der Waals surface area contributed by atoms with Crippen LogP contribution in [0.4, 0.5) is 0 Å². The van der Waals surface area contributed by atoms with E-state index < -0.39 is 0 Å². The van der Waals surface area contributed by atoms with Crippen molar-refractivity contribution < 1.29 is 9.53 Å². The molecule has 1 rings (SSSR count). The second kappa shape index (κ2) is 4.29. The van der Waals surface area contributed by atoms with E-state index in [4.69, 9.17) is 4.74 Å². The van der Waals surface area contributed by atoms with Crippen LogP contribution in [0.1, 0.15) is 39.0 Å². The van der Waals surface area contributed by atoms with Gasteiger partial charge in [0.05, 0.1) is 13.5 Å². The van der Waals surface area contributed by atoms with E-state index in [-0.39, 0.29) is 0 Å². The van der Waals surface area contributed by atoms with Crippen LogP contribution in [0, 0.1) is 0 Å². The Bertz CT molecular complexity index is 204. The third-order valence-corrected chi connectivity index (χ3v) is 2.24. The minimum Gasteiger partial charge on any atom is -0.501 e. The zero-order valence-corrected chi connectivity index (χ0v) is 7.85. The van der Waals surface area contributed by atoms with E-state index in [1.807, 2.05) is 0 Å². The number of carbonyl (C=O) groups excluding carboxylic acids is 1.